The summed E-state index contributed by atoms with van der Waals surface area (Å²) in [6, 6.07) is 64.2. The van der Waals surface area contributed by atoms with Crippen LogP contribution in [0.2, 0.25) is 0 Å². The molecule has 2 nitrogen and oxygen atoms in total. The van der Waals surface area contributed by atoms with Crippen molar-refractivity contribution < 1.29 is 0 Å². The molecule has 0 bridgehead atoms. The maximum atomic E-state index is 5.09. The van der Waals surface area contributed by atoms with Crippen LogP contribution in [0.1, 0.15) is 22.3 Å². The smallest absolute Gasteiger partial charge is 0.0893 e. The van der Waals surface area contributed by atoms with Gasteiger partial charge in [-0.2, -0.15) is 0 Å². The van der Waals surface area contributed by atoms with Crippen LogP contribution in [-0.4, -0.2) is 9.97 Å². The Morgan fingerprint density at radius 3 is 1.84 bits per heavy atom. The van der Waals surface area contributed by atoms with Crippen molar-refractivity contribution >= 4 is 21.5 Å². The van der Waals surface area contributed by atoms with E-state index in [2.05, 4.69) is 157 Å². The zero-order chi connectivity index (χ0) is 33.5. The van der Waals surface area contributed by atoms with Crippen LogP contribution in [0.25, 0.3) is 77.6 Å². The van der Waals surface area contributed by atoms with Crippen LogP contribution in [0, 0.1) is 0 Å². The summed E-state index contributed by atoms with van der Waals surface area (Å²) in [5.41, 5.74) is 16.5. The van der Waals surface area contributed by atoms with Gasteiger partial charge >= 0.3 is 0 Å². The Bertz CT molecular complexity index is 2820. The van der Waals surface area contributed by atoms with E-state index in [-0.39, 0.29) is 0 Å². The fourth-order valence-electron chi connectivity index (χ4n) is 9.11. The second-order valence-corrected chi connectivity index (χ2v) is 13.6. The third kappa shape index (κ3) is 3.87. The molecule has 9 aromatic rings. The second-order valence-electron chi connectivity index (χ2n) is 13.6. The van der Waals surface area contributed by atoms with Gasteiger partial charge in [0.2, 0.25) is 0 Å². The number of benzene rings is 7. The van der Waals surface area contributed by atoms with Gasteiger partial charge in [0, 0.05) is 11.8 Å². The number of pyridine rings is 2. The highest BCUT2D eigenvalue weighted by Gasteiger charge is 2.52. The first kappa shape index (κ1) is 28.2. The molecule has 0 atom stereocenters. The Kier molecular flexibility index (Phi) is 5.91. The number of fused-ring (bicyclic) bond motifs is 14. The normalized spacial score (nSPS) is 13.3. The molecular formula is C49H30N2. The lowest BCUT2D eigenvalue weighted by Gasteiger charge is -2.31. The maximum Gasteiger partial charge on any atom is 0.0893 e. The van der Waals surface area contributed by atoms with E-state index in [1.807, 2.05) is 30.5 Å². The van der Waals surface area contributed by atoms with E-state index in [1.165, 1.54) is 71.6 Å². The van der Waals surface area contributed by atoms with Crippen LogP contribution < -0.4 is 0 Å². The second kappa shape index (κ2) is 10.7. The maximum absolute atomic E-state index is 5.09. The summed E-state index contributed by atoms with van der Waals surface area (Å²) in [4.78, 5) is 9.64. The van der Waals surface area contributed by atoms with E-state index in [9.17, 15) is 0 Å². The molecule has 236 valence electrons. The third-order valence-electron chi connectivity index (χ3n) is 11.1. The molecule has 51 heavy (non-hydrogen) atoms. The topological polar surface area (TPSA) is 25.8 Å². The summed E-state index contributed by atoms with van der Waals surface area (Å²) in [6.45, 7) is 0. The highest BCUT2D eigenvalue weighted by Crippen LogP contribution is 2.65. The zero-order valence-electron chi connectivity index (χ0n) is 27.7. The number of hydrogen-bond donors (Lipinski definition) is 0. The molecule has 2 heterocycles. The molecule has 0 amide bonds. The Morgan fingerprint density at radius 1 is 0.373 bits per heavy atom. The highest BCUT2D eigenvalue weighted by molar-refractivity contribution is 6.11. The molecule has 7 aromatic carbocycles. The number of nitrogens with zero attached hydrogens (tertiary/aromatic N) is 2. The number of rotatable bonds is 3. The largest absolute Gasteiger partial charge is 0.255 e. The Morgan fingerprint density at radius 2 is 1.04 bits per heavy atom. The minimum Gasteiger partial charge on any atom is -0.255 e. The average Bonchev–Trinajstić information content (AvgIpc) is 3.69. The fraction of sp³-hybridized carbons (Fsp3) is 0.0204. The molecule has 2 heteroatoms. The van der Waals surface area contributed by atoms with Crippen molar-refractivity contribution in [3.63, 3.8) is 0 Å². The van der Waals surface area contributed by atoms with E-state index in [1.54, 1.807) is 0 Å². The molecule has 11 rings (SSSR count). The molecule has 2 aromatic heterocycles. The third-order valence-corrected chi connectivity index (χ3v) is 11.1. The van der Waals surface area contributed by atoms with Crippen molar-refractivity contribution in [3.05, 3.63) is 204 Å². The van der Waals surface area contributed by atoms with Crippen LogP contribution in [-0.2, 0) is 5.41 Å². The van der Waals surface area contributed by atoms with E-state index in [0.29, 0.717) is 0 Å². The lowest BCUT2D eigenvalue weighted by Crippen LogP contribution is -2.26. The van der Waals surface area contributed by atoms with Gasteiger partial charge in [-0.25, -0.2) is 4.98 Å². The minimum absolute atomic E-state index is 0.420. The van der Waals surface area contributed by atoms with Gasteiger partial charge in [0.05, 0.1) is 22.5 Å². The molecule has 0 fully saturated rings. The standard InChI is InChI=1S/C49H30N2/c1-2-14-35-31(12-1)25-28-43-47(35)40-27-24-33-30-32(34-13-3-4-17-39(34)44-21-11-22-46(51-44)45-20-9-10-29-50-45)23-26-36(33)48(40)49(43)41-18-7-5-15-37(41)38-16-6-8-19-42(38)49/h1-30H. The van der Waals surface area contributed by atoms with Crippen LogP contribution in [0.5, 0.6) is 0 Å². The highest BCUT2D eigenvalue weighted by atomic mass is 14.8. The fourth-order valence-corrected chi connectivity index (χ4v) is 9.11. The van der Waals surface area contributed by atoms with Crippen molar-refractivity contribution in [1.29, 1.82) is 0 Å². The number of aromatic nitrogens is 2. The Hall–Kier alpha value is -6.64. The molecular weight excluding hydrogens is 617 g/mol. The predicted molar refractivity (Wildman–Crippen MR) is 210 cm³/mol. The van der Waals surface area contributed by atoms with Crippen molar-refractivity contribution in [1.82, 2.24) is 9.97 Å². The molecule has 0 aliphatic heterocycles. The molecule has 2 aliphatic rings. The van der Waals surface area contributed by atoms with Gasteiger partial charge in [-0.05, 0) is 108 Å². The van der Waals surface area contributed by atoms with Gasteiger partial charge in [0.25, 0.3) is 0 Å². The summed E-state index contributed by atoms with van der Waals surface area (Å²) in [5, 5.41) is 5.09. The monoisotopic (exact) mass is 646 g/mol. The summed E-state index contributed by atoms with van der Waals surface area (Å²) < 4.78 is 0. The summed E-state index contributed by atoms with van der Waals surface area (Å²) >= 11 is 0. The molecule has 0 saturated carbocycles. The molecule has 0 unspecified atom stereocenters. The van der Waals surface area contributed by atoms with E-state index < -0.39 is 5.41 Å². The lowest BCUT2D eigenvalue weighted by molar-refractivity contribution is 0.802. The van der Waals surface area contributed by atoms with Gasteiger partial charge in [-0.1, -0.05) is 146 Å². The quantitative estimate of drug-likeness (QED) is 0.191. The first-order valence-corrected chi connectivity index (χ1v) is 17.6. The van der Waals surface area contributed by atoms with Crippen molar-refractivity contribution in [3.8, 4) is 56.0 Å². The number of hydrogen-bond acceptors (Lipinski definition) is 2. The first-order chi connectivity index (χ1) is 25.3. The average molecular weight is 647 g/mol. The van der Waals surface area contributed by atoms with Crippen LogP contribution in [0.3, 0.4) is 0 Å². The van der Waals surface area contributed by atoms with Gasteiger partial charge in [0.15, 0.2) is 0 Å². The Balaban J connectivity index is 1.16. The van der Waals surface area contributed by atoms with Crippen molar-refractivity contribution in [2.45, 2.75) is 5.41 Å². The van der Waals surface area contributed by atoms with Gasteiger partial charge in [-0.3, -0.25) is 4.98 Å². The van der Waals surface area contributed by atoms with Gasteiger partial charge in [0.1, 0.15) is 0 Å². The first-order valence-electron chi connectivity index (χ1n) is 17.6. The SMILES string of the molecule is c1ccc(-c2cccc(-c3ccccc3-c3ccc4c5c(ccc4c3)-c3c(ccc4ccccc34)C53c4ccccc4-c4ccccc43)n2)nc1. The molecule has 2 aliphatic carbocycles. The molecule has 0 radical (unpaired) electrons. The Labute approximate surface area is 296 Å². The van der Waals surface area contributed by atoms with Crippen molar-refractivity contribution in [2.75, 3.05) is 0 Å². The summed E-state index contributed by atoms with van der Waals surface area (Å²) in [5.74, 6) is 0. The van der Waals surface area contributed by atoms with Crippen LogP contribution in [0.15, 0.2) is 182 Å². The minimum atomic E-state index is -0.420. The zero-order valence-corrected chi connectivity index (χ0v) is 27.7. The van der Waals surface area contributed by atoms with E-state index >= 15 is 0 Å². The molecule has 0 N–H and O–H groups in total. The van der Waals surface area contributed by atoms with Gasteiger partial charge in [-0.15, -0.1) is 0 Å². The lowest BCUT2D eigenvalue weighted by atomic mass is 9.69. The predicted octanol–water partition coefficient (Wildman–Crippen LogP) is 12.1. The molecule has 1 spiro atoms. The summed E-state index contributed by atoms with van der Waals surface area (Å²) in [6.07, 6.45) is 1.82. The van der Waals surface area contributed by atoms with Crippen LogP contribution in [0.4, 0.5) is 0 Å². The van der Waals surface area contributed by atoms with E-state index in [0.717, 1.165) is 28.2 Å². The summed E-state index contributed by atoms with van der Waals surface area (Å²) in [7, 11) is 0. The van der Waals surface area contributed by atoms with Gasteiger partial charge < -0.3 is 0 Å². The van der Waals surface area contributed by atoms with Crippen molar-refractivity contribution in [2.24, 2.45) is 0 Å². The van der Waals surface area contributed by atoms with E-state index in [4.69, 9.17) is 4.98 Å². The van der Waals surface area contributed by atoms with Crippen LogP contribution >= 0.6 is 0 Å². The molecule has 0 saturated heterocycles.